The van der Waals surface area contributed by atoms with Crippen LogP contribution in [0.1, 0.15) is 41.8 Å². The van der Waals surface area contributed by atoms with Gasteiger partial charge in [0.2, 0.25) is 0 Å². The van der Waals surface area contributed by atoms with Crippen molar-refractivity contribution in [1.29, 1.82) is 0 Å². The fourth-order valence-corrected chi connectivity index (χ4v) is 4.19. The second-order valence-corrected chi connectivity index (χ2v) is 9.24. The van der Waals surface area contributed by atoms with Gasteiger partial charge in [-0.3, -0.25) is 14.9 Å². The molecule has 0 aliphatic carbocycles. The van der Waals surface area contributed by atoms with E-state index in [4.69, 9.17) is 9.72 Å². The predicted octanol–water partition coefficient (Wildman–Crippen LogP) is 4.73. The molecule has 4 rings (SSSR count). The molecule has 0 aliphatic heterocycles. The van der Waals surface area contributed by atoms with Crippen LogP contribution in [0.3, 0.4) is 0 Å². The van der Waals surface area contributed by atoms with Gasteiger partial charge in [-0.2, -0.15) is 0 Å². The van der Waals surface area contributed by atoms with Gasteiger partial charge in [-0.05, 0) is 62.9 Å². The fraction of sp³-hybridized carbons (Fsp3) is 0.286. The summed E-state index contributed by atoms with van der Waals surface area (Å²) in [6.07, 6.45) is 4.55. The minimum Gasteiger partial charge on any atom is -0.484 e. The number of hydrogen-bond donors (Lipinski definition) is 2. The van der Waals surface area contributed by atoms with Gasteiger partial charge in [0.15, 0.2) is 5.75 Å². The van der Waals surface area contributed by atoms with E-state index in [1.165, 1.54) is 18.2 Å². The van der Waals surface area contributed by atoms with Crippen LogP contribution in [0.15, 0.2) is 67.0 Å². The highest BCUT2D eigenvalue weighted by molar-refractivity contribution is 5.95. The number of fused-ring (bicyclic) bond motifs is 1. The van der Waals surface area contributed by atoms with Crippen molar-refractivity contribution in [2.24, 2.45) is 0 Å². The van der Waals surface area contributed by atoms with Crippen LogP contribution in [0.4, 0.5) is 5.69 Å². The molecule has 0 saturated heterocycles. The molecule has 192 valence electrons. The van der Waals surface area contributed by atoms with Crippen LogP contribution < -0.4 is 10.1 Å². The number of benzene rings is 2. The maximum Gasteiger partial charge on any atom is 0.311 e. The fourth-order valence-electron chi connectivity index (χ4n) is 4.19. The number of pyridine rings is 1. The Hall–Kier alpha value is -4.24. The summed E-state index contributed by atoms with van der Waals surface area (Å²) in [5, 5.41) is 23.9. The standard InChI is InChI=1S/C28H30N4O5/c1-18(2)37-26-11-10-22(16-25(26)32(35)36)28(34)29-23(12-14-33)15-20-6-8-21(9-7-20)24-17-31-13-4-5-19(3)27(31)30-24/h4-11,13,16-18,23,33H,12,14-15H2,1-3H3,(H,29,34)/t23-/m1/s1. The average molecular weight is 503 g/mol. The lowest BCUT2D eigenvalue weighted by atomic mass is 10.0. The zero-order valence-electron chi connectivity index (χ0n) is 21.0. The van der Waals surface area contributed by atoms with Gasteiger partial charge in [0, 0.05) is 42.2 Å². The minimum atomic E-state index is -0.564. The normalized spacial score (nSPS) is 12.0. The maximum atomic E-state index is 12.9. The molecular formula is C28H30N4O5. The van der Waals surface area contributed by atoms with Crippen LogP contribution >= 0.6 is 0 Å². The van der Waals surface area contributed by atoms with Crippen molar-refractivity contribution in [3.8, 4) is 17.0 Å². The molecule has 4 aromatic rings. The smallest absolute Gasteiger partial charge is 0.311 e. The van der Waals surface area contributed by atoms with Crippen LogP contribution in [-0.4, -0.2) is 44.1 Å². The molecule has 0 fully saturated rings. The molecule has 9 nitrogen and oxygen atoms in total. The van der Waals surface area contributed by atoms with Gasteiger partial charge in [-0.25, -0.2) is 4.98 Å². The predicted molar refractivity (Wildman–Crippen MR) is 141 cm³/mol. The summed E-state index contributed by atoms with van der Waals surface area (Å²) in [6, 6.07) is 15.7. The number of ether oxygens (including phenoxy) is 1. The number of carbonyl (C=O) groups excluding carboxylic acids is 1. The van der Waals surface area contributed by atoms with Crippen LogP contribution in [-0.2, 0) is 6.42 Å². The molecule has 0 radical (unpaired) electrons. The Bertz CT molecular complexity index is 1410. The summed E-state index contributed by atoms with van der Waals surface area (Å²) in [6.45, 7) is 5.46. The van der Waals surface area contributed by atoms with Gasteiger partial charge in [0.1, 0.15) is 5.65 Å². The lowest BCUT2D eigenvalue weighted by molar-refractivity contribution is -0.386. The van der Waals surface area contributed by atoms with E-state index in [0.717, 1.165) is 28.0 Å². The highest BCUT2D eigenvalue weighted by Gasteiger charge is 2.21. The summed E-state index contributed by atoms with van der Waals surface area (Å²) >= 11 is 0. The van der Waals surface area contributed by atoms with E-state index in [9.17, 15) is 20.0 Å². The van der Waals surface area contributed by atoms with Crippen molar-refractivity contribution < 1.29 is 19.6 Å². The quantitative estimate of drug-likeness (QED) is 0.239. The molecule has 0 spiro atoms. The van der Waals surface area contributed by atoms with Crippen LogP contribution in [0.2, 0.25) is 0 Å². The van der Waals surface area contributed by atoms with Crippen molar-refractivity contribution in [2.75, 3.05) is 6.61 Å². The molecule has 2 aromatic carbocycles. The third kappa shape index (κ3) is 6.13. The highest BCUT2D eigenvalue weighted by Crippen LogP contribution is 2.29. The van der Waals surface area contributed by atoms with Crippen LogP contribution in [0.25, 0.3) is 16.9 Å². The maximum absolute atomic E-state index is 12.9. The topological polar surface area (TPSA) is 119 Å². The Morgan fingerprint density at radius 3 is 2.59 bits per heavy atom. The number of aryl methyl sites for hydroxylation is 1. The van der Waals surface area contributed by atoms with Gasteiger partial charge in [0.05, 0.1) is 16.7 Å². The zero-order valence-corrected chi connectivity index (χ0v) is 21.0. The van der Waals surface area contributed by atoms with Crippen molar-refractivity contribution in [3.05, 3.63) is 93.8 Å². The van der Waals surface area contributed by atoms with Gasteiger partial charge < -0.3 is 19.6 Å². The summed E-state index contributed by atoms with van der Waals surface area (Å²) in [5.74, 6) is -0.335. The summed E-state index contributed by atoms with van der Waals surface area (Å²) in [5.41, 5.74) is 4.73. The second kappa shape index (κ2) is 11.2. The summed E-state index contributed by atoms with van der Waals surface area (Å²) in [4.78, 5) is 28.6. The highest BCUT2D eigenvalue weighted by atomic mass is 16.6. The number of carbonyl (C=O) groups is 1. The number of nitro benzene ring substituents is 1. The first kappa shape index (κ1) is 25.8. The van der Waals surface area contributed by atoms with E-state index in [-0.39, 0.29) is 35.8 Å². The molecule has 2 aromatic heterocycles. The largest absolute Gasteiger partial charge is 0.484 e. The Morgan fingerprint density at radius 2 is 1.95 bits per heavy atom. The van der Waals surface area contributed by atoms with E-state index < -0.39 is 10.8 Å². The number of hydrogen-bond acceptors (Lipinski definition) is 6. The number of aromatic nitrogens is 2. The number of amides is 1. The van der Waals surface area contributed by atoms with E-state index >= 15 is 0 Å². The Morgan fingerprint density at radius 1 is 1.19 bits per heavy atom. The number of nitrogens with zero attached hydrogens (tertiary/aromatic N) is 3. The van der Waals surface area contributed by atoms with E-state index in [2.05, 4.69) is 5.32 Å². The van der Waals surface area contributed by atoms with Crippen molar-refractivity contribution in [1.82, 2.24) is 14.7 Å². The lowest BCUT2D eigenvalue weighted by Crippen LogP contribution is -2.37. The molecule has 9 heteroatoms. The average Bonchev–Trinajstić information content (AvgIpc) is 3.30. The number of aliphatic hydroxyl groups excluding tert-OH is 1. The Balaban J connectivity index is 1.47. The Kier molecular flexibility index (Phi) is 7.83. The molecule has 0 saturated carbocycles. The first-order valence-electron chi connectivity index (χ1n) is 12.2. The van der Waals surface area contributed by atoms with Crippen LogP contribution in [0.5, 0.6) is 5.75 Å². The number of imidazole rings is 1. The second-order valence-electron chi connectivity index (χ2n) is 9.24. The van der Waals surface area contributed by atoms with Crippen molar-refractivity contribution >= 4 is 17.2 Å². The first-order valence-corrected chi connectivity index (χ1v) is 12.2. The van der Waals surface area contributed by atoms with Gasteiger partial charge in [0.25, 0.3) is 5.91 Å². The van der Waals surface area contributed by atoms with E-state index in [1.807, 2.05) is 60.1 Å². The zero-order chi connectivity index (χ0) is 26.5. The number of aliphatic hydroxyl groups is 1. The lowest BCUT2D eigenvalue weighted by Gasteiger charge is -2.18. The van der Waals surface area contributed by atoms with E-state index in [1.54, 1.807) is 13.8 Å². The molecule has 0 aliphatic rings. The first-order chi connectivity index (χ1) is 17.7. The number of rotatable bonds is 10. The Labute approximate surface area is 214 Å². The van der Waals surface area contributed by atoms with E-state index in [0.29, 0.717) is 12.8 Å². The van der Waals surface area contributed by atoms with Crippen molar-refractivity contribution in [3.63, 3.8) is 0 Å². The third-order valence-corrected chi connectivity index (χ3v) is 6.00. The molecule has 0 unspecified atom stereocenters. The van der Waals surface area contributed by atoms with Gasteiger partial charge in [-0.15, -0.1) is 0 Å². The monoisotopic (exact) mass is 502 g/mol. The molecule has 2 N–H and O–H groups in total. The number of nitrogens with one attached hydrogen (secondary N) is 1. The minimum absolute atomic E-state index is 0.106. The van der Waals surface area contributed by atoms with Crippen LogP contribution in [0, 0.1) is 17.0 Å². The molecular weight excluding hydrogens is 472 g/mol. The molecule has 0 bridgehead atoms. The molecule has 37 heavy (non-hydrogen) atoms. The van der Waals surface area contributed by atoms with Gasteiger partial charge >= 0.3 is 5.69 Å². The molecule has 1 amide bonds. The molecule has 2 heterocycles. The summed E-state index contributed by atoms with van der Waals surface area (Å²) in [7, 11) is 0. The van der Waals surface area contributed by atoms with Gasteiger partial charge in [-0.1, -0.05) is 30.3 Å². The molecule has 1 atom stereocenters. The SMILES string of the molecule is Cc1cccn2cc(-c3ccc(C[C@@H](CCO)NC(=O)c4ccc(OC(C)C)c([N+](=O)[O-])c4)cc3)nc12. The number of nitro groups is 1. The van der Waals surface area contributed by atoms with Crippen molar-refractivity contribution in [2.45, 2.75) is 45.8 Å². The summed E-state index contributed by atoms with van der Waals surface area (Å²) < 4.78 is 7.49. The third-order valence-electron chi connectivity index (χ3n) is 6.00.